The van der Waals surface area contributed by atoms with Crippen molar-refractivity contribution in [2.75, 3.05) is 6.61 Å². The summed E-state index contributed by atoms with van der Waals surface area (Å²) in [5.41, 5.74) is 0.684. The van der Waals surface area contributed by atoms with E-state index in [4.69, 9.17) is 16.7 Å². The molecule has 1 aliphatic carbocycles. The summed E-state index contributed by atoms with van der Waals surface area (Å²) < 4.78 is 0. The van der Waals surface area contributed by atoms with Gasteiger partial charge in [-0.2, -0.15) is 0 Å². The van der Waals surface area contributed by atoms with Gasteiger partial charge in [0.15, 0.2) is 0 Å². The van der Waals surface area contributed by atoms with Crippen LogP contribution in [0.5, 0.6) is 0 Å². The molecule has 0 saturated carbocycles. The molecule has 0 saturated heterocycles. The van der Waals surface area contributed by atoms with Crippen molar-refractivity contribution in [3.63, 3.8) is 0 Å². The molecule has 0 radical (unpaired) electrons. The number of hydrogen-bond acceptors (Lipinski definition) is 2. The number of hydrogen-bond donors (Lipinski definition) is 2. The van der Waals surface area contributed by atoms with Crippen LogP contribution in [0.2, 0.25) is 5.02 Å². The molecular formula is C10H11ClO2. The average molecular weight is 199 g/mol. The van der Waals surface area contributed by atoms with Gasteiger partial charge in [-0.3, -0.25) is 0 Å². The summed E-state index contributed by atoms with van der Waals surface area (Å²) in [5, 5.41) is 19.7. The minimum absolute atomic E-state index is 0.236. The largest absolute Gasteiger partial charge is 0.393 e. The minimum atomic E-state index is -1.07. The van der Waals surface area contributed by atoms with Crippen molar-refractivity contribution in [3.8, 4) is 0 Å². The molecule has 0 spiro atoms. The molecule has 0 bridgehead atoms. The van der Waals surface area contributed by atoms with Crippen LogP contribution < -0.4 is 0 Å². The van der Waals surface area contributed by atoms with Gasteiger partial charge in [0.1, 0.15) is 5.60 Å². The summed E-state index contributed by atoms with van der Waals surface area (Å²) in [5.74, 6) is 0. The van der Waals surface area contributed by atoms with Crippen molar-refractivity contribution in [1.82, 2.24) is 0 Å². The number of halogens is 1. The van der Waals surface area contributed by atoms with E-state index in [-0.39, 0.29) is 6.61 Å². The lowest BCUT2D eigenvalue weighted by Crippen LogP contribution is -2.26. The van der Waals surface area contributed by atoms with Crippen molar-refractivity contribution in [2.45, 2.75) is 18.4 Å². The van der Waals surface area contributed by atoms with Crippen molar-refractivity contribution in [1.29, 1.82) is 0 Å². The lowest BCUT2D eigenvalue weighted by Gasteiger charge is -2.20. The maximum atomic E-state index is 9.97. The number of rotatable bonds is 1. The quantitative estimate of drug-likeness (QED) is 0.718. The van der Waals surface area contributed by atoms with Gasteiger partial charge in [-0.15, -0.1) is 0 Å². The van der Waals surface area contributed by atoms with Gasteiger partial charge < -0.3 is 10.2 Å². The standard InChI is InChI=1S/C10H11ClO2/c11-9-3-1-2-8-7(9)4-5-10(8,13)6-12/h1-3,12-13H,4-6H2. The summed E-state index contributed by atoms with van der Waals surface area (Å²) in [6, 6.07) is 5.43. The van der Waals surface area contributed by atoms with E-state index < -0.39 is 5.60 Å². The molecule has 1 aliphatic rings. The van der Waals surface area contributed by atoms with Crippen LogP contribution in [0.15, 0.2) is 18.2 Å². The highest BCUT2D eigenvalue weighted by Crippen LogP contribution is 2.39. The van der Waals surface area contributed by atoms with E-state index in [1.54, 1.807) is 6.07 Å². The van der Waals surface area contributed by atoms with Gasteiger partial charge in [-0.25, -0.2) is 0 Å². The molecule has 2 N–H and O–H groups in total. The van der Waals surface area contributed by atoms with Gasteiger partial charge in [-0.05, 0) is 30.0 Å². The van der Waals surface area contributed by atoms with Crippen LogP contribution in [-0.4, -0.2) is 16.8 Å². The molecule has 0 fully saturated rings. The normalized spacial score (nSPS) is 26.1. The fraction of sp³-hybridized carbons (Fsp3) is 0.400. The molecule has 70 valence electrons. The van der Waals surface area contributed by atoms with E-state index in [1.165, 1.54) is 0 Å². The molecule has 0 amide bonds. The first-order chi connectivity index (χ1) is 6.17. The van der Waals surface area contributed by atoms with Crippen LogP contribution in [0.3, 0.4) is 0 Å². The summed E-state index contributed by atoms with van der Waals surface area (Å²) in [7, 11) is 0. The Kier molecular flexibility index (Phi) is 2.06. The monoisotopic (exact) mass is 198 g/mol. The van der Waals surface area contributed by atoms with Gasteiger partial charge in [0.25, 0.3) is 0 Å². The Labute approximate surface area is 81.8 Å². The highest BCUT2D eigenvalue weighted by atomic mass is 35.5. The fourth-order valence-electron chi connectivity index (χ4n) is 1.88. The van der Waals surface area contributed by atoms with Crippen LogP contribution in [-0.2, 0) is 12.0 Å². The van der Waals surface area contributed by atoms with Gasteiger partial charge in [0.05, 0.1) is 6.61 Å². The topological polar surface area (TPSA) is 40.5 Å². The second-order valence-corrected chi connectivity index (χ2v) is 3.86. The molecule has 2 rings (SSSR count). The van der Waals surface area contributed by atoms with Crippen molar-refractivity contribution < 1.29 is 10.2 Å². The van der Waals surface area contributed by atoms with Gasteiger partial charge in [0, 0.05) is 5.02 Å². The number of fused-ring (bicyclic) bond motifs is 1. The van der Waals surface area contributed by atoms with Crippen LogP contribution in [0, 0.1) is 0 Å². The van der Waals surface area contributed by atoms with Crippen LogP contribution in [0.25, 0.3) is 0 Å². The summed E-state index contributed by atoms with van der Waals surface area (Å²) >= 11 is 5.96. The highest BCUT2D eigenvalue weighted by Gasteiger charge is 2.36. The van der Waals surface area contributed by atoms with E-state index in [0.717, 1.165) is 17.5 Å². The lowest BCUT2D eigenvalue weighted by molar-refractivity contribution is -0.0171. The third-order valence-electron chi connectivity index (χ3n) is 2.67. The fourth-order valence-corrected chi connectivity index (χ4v) is 2.15. The first-order valence-corrected chi connectivity index (χ1v) is 4.66. The molecule has 1 aromatic carbocycles. The molecule has 2 nitrogen and oxygen atoms in total. The van der Waals surface area contributed by atoms with E-state index >= 15 is 0 Å². The Morgan fingerprint density at radius 2 is 2.23 bits per heavy atom. The van der Waals surface area contributed by atoms with Crippen LogP contribution >= 0.6 is 11.6 Å². The Hall–Kier alpha value is -0.570. The molecule has 0 heterocycles. The third-order valence-corrected chi connectivity index (χ3v) is 3.02. The Balaban J connectivity index is 2.55. The average Bonchev–Trinajstić information content (AvgIpc) is 2.47. The van der Waals surface area contributed by atoms with Gasteiger partial charge >= 0.3 is 0 Å². The molecule has 1 unspecified atom stereocenters. The Bertz CT molecular complexity index is 338. The van der Waals surface area contributed by atoms with E-state index in [9.17, 15) is 5.11 Å². The Morgan fingerprint density at radius 3 is 2.92 bits per heavy atom. The van der Waals surface area contributed by atoms with Crippen LogP contribution in [0.4, 0.5) is 0 Å². The first kappa shape index (κ1) is 9.00. The zero-order valence-electron chi connectivity index (χ0n) is 7.13. The molecule has 1 atom stereocenters. The third kappa shape index (κ3) is 1.26. The van der Waals surface area contributed by atoms with Crippen molar-refractivity contribution in [2.24, 2.45) is 0 Å². The summed E-state index contributed by atoms with van der Waals surface area (Å²) in [6.07, 6.45) is 1.30. The van der Waals surface area contributed by atoms with Gasteiger partial charge in [0.2, 0.25) is 0 Å². The zero-order chi connectivity index (χ0) is 9.47. The minimum Gasteiger partial charge on any atom is -0.393 e. The molecule has 0 aliphatic heterocycles. The van der Waals surface area contributed by atoms with E-state index in [1.807, 2.05) is 12.1 Å². The molecular weight excluding hydrogens is 188 g/mol. The molecule has 3 heteroatoms. The first-order valence-electron chi connectivity index (χ1n) is 4.28. The predicted molar refractivity (Wildman–Crippen MR) is 50.8 cm³/mol. The second kappa shape index (κ2) is 2.98. The highest BCUT2D eigenvalue weighted by molar-refractivity contribution is 6.31. The zero-order valence-corrected chi connectivity index (χ0v) is 7.88. The summed E-state index contributed by atoms with van der Waals surface area (Å²) in [6.45, 7) is -0.236. The van der Waals surface area contributed by atoms with Gasteiger partial charge in [-0.1, -0.05) is 23.7 Å². The number of aliphatic hydroxyl groups is 2. The lowest BCUT2D eigenvalue weighted by atomic mass is 9.97. The van der Waals surface area contributed by atoms with Crippen molar-refractivity contribution >= 4 is 11.6 Å². The smallest absolute Gasteiger partial charge is 0.113 e. The predicted octanol–water partition coefficient (Wildman–Crippen LogP) is 1.47. The Morgan fingerprint density at radius 1 is 1.46 bits per heavy atom. The van der Waals surface area contributed by atoms with Crippen molar-refractivity contribution in [3.05, 3.63) is 34.3 Å². The van der Waals surface area contributed by atoms with E-state index in [0.29, 0.717) is 11.4 Å². The maximum absolute atomic E-state index is 9.97. The van der Waals surface area contributed by atoms with Crippen LogP contribution in [0.1, 0.15) is 17.5 Å². The number of benzene rings is 1. The molecule has 1 aromatic rings. The second-order valence-electron chi connectivity index (χ2n) is 3.46. The maximum Gasteiger partial charge on any atom is 0.113 e. The van der Waals surface area contributed by atoms with E-state index in [2.05, 4.69) is 0 Å². The molecule has 0 aromatic heterocycles. The summed E-state index contributed by atoms with van der Waals surface area (Å²) in [4.78, 5) is 0. The number of aliphatic hydroxyl groups excluding tert-OH is 1. The molecule has 13 heavy (non-hydrogen) atoms. The SMILES string of the molecule is OCC1(O)CCc2c(Cl)cccc21.